The molecule has 1 aliphatic heterocycles. The first-order valence-corrected chi connectivity index (χ1v) is 9.42. The van der Waals surface area contributed by atoms with Crippen molar-refractivity contribution in [1.29, 1.82) is 0 Å². The molecule has 0 bridgehead atoms. The van der Waals surface area contributed by atoms with E-state index in [4.69, 9.17) is 14.3 Å². The van der Waals surface area contributed by atoms with Gasteiger partial charge in [-0.1, -0.05) is 6.92 Å². The van der Waals surface area contributed by atoms with Crippen LogP contribution in [0.4, 0.5) is 0 Å². The lowest BCUT2D eigenvalue weighted by molar-refractivity contribution is -0.719. The summed E-state index contributed by atoms with van der Waals surface area (Å²) in [6.45, 7) is 10.5. The van der Waals surface area contributed by atoms with Gasteiger partial charge in [-0.2, -0.15) is 0 Å². The lowest BCUT2D eigenvalue weighted by Gasteiger charge is -2.26. The second-order valence-electron chi connectivity index (χ2n) is 8.00. The standard InChI is InChI=1S/C19H30N4O5/c1-13(8-7-9-27-21-23(25)22(6)19(3,4)5)18(24)28-17-14(2)20-10-15-11-26-12-16(15)17/h10,13H,7-9,11-12H2,1-6H3/b23-21-. The van der Waals surface area contributed by atoms with Crippen LogP contribution >= 0.6 is 0 Å². The highest BCUT2D eigenvalue weighted by atomic mass is 16.7. The number of pyridine rings is 1. The van der Waals surface area contributed by atoms with Gasteiger partial charge in [0, 0.05) is 17.3 Å². The first-order valence-electron chi connectivity index (χ1n) is 9.42. The molecule has 1 aliphatic rings. The first kappa shape index (κ1) is 21.9. The van der Waals surface area contributed by atoms with Crippen LogP contribution < -0.4 is 4.74 Å². The van der Waals surface area contributed by atoms with Crippen molar-refractivity contribution in [3.8, 4) is 5.75 Å². The summed E-state index contributed by atoms with van der Waals surface area (Å²) < 4.78 is 11.0. The van der Waals surface area contributed by atoms with Gasteiger partial charge < -0.3 is 19.5 Å². The summed E-state index contributed by atoms with van der Waals surface area (Å²) in [6.07, 6.45) is 2.88. The number of esters is 1. The Morgan fingerprint density at radius 1 is 1.46 bits per heavy atom. The molecule has 0 saturated heterocycles. The molecule has 156 valence electrons. The molecule has 0 fully saturated rings. The number of hydrogen-bond acceptors (Lipinski definition) is 7. The van der Waals surface area contributed by atoms with Crippen molar-refractivity contribution in [3.63, 3.8) is 0 Å². The van der Waals surface area contributed by atoms with Gasteiger partial charge in [-0.3, -0.25) is 9.78 Å². The minimum atomic E-state index is -0.359. The van der Waals surface area contributed by atoms with Gasteiger partial charge in [0.1, 0.15) is 6.61 Å². The van der Waals surface area contributed by atoms with Crippen molar-refractivity contribution < 1.29 is 24.1 Å². The van der Waals surface area contributed by atoms with Crippen LogP contribution in [0, 0.1) is 18.0 Å². The molecule has 9 nitrogen and oxygen atoms in total. The van der Waals surface area contributed by atoms with Crippen LogP contribution in [-0.4, -0.2) is 40.1 Å². The largest absolute Gasteiger partial charge is 0.569 e. The van der Waals surface area contributed by atoms with Crippen LogP contribution in [0.25, 0.3) is 0 Å². The molecule has 2 heterocycles. The molecule has 0 saturated carbocycles. The second-order valence-corrected chi connectivity index (χ2v) is 8.00. The van der Waals surface area contributed by atoms with Crippen molar-refractivity contribution in [3.05, 3.63) is 28.2 Å². The molecular weight excluding hydrogens is 364 g/mol. The SMILES string of the molecule is Cc1ncc2c(c1OC(=O)C(C)CCCO/N=[N+](\[O-])N(C)C(C)(C)C)COC2. The number of fused-ring (bicyclic) bond motifs is 1. The summed E-state index contributed by atoms with van der Waals surface area (Å²) in [5.41, 5.74) is 2.17. The summed E-state index contributed by atoms with van der Waals surface area (Å²) >= 11 is 0. The molecular formula is C19H30N4O5. The molecule has 0 aromatic carbocycles. The Labute approximate surface area is 165 Å². The van der Waals surface area contributed by atoms with E-state index >= 15 is 0 Å². The number of ether oxygens (including phenoxy) is 2. The Bertz CT molecular complexity index is 730. The summed E-state index contributed by atoms with van der Waals surface area (Å²) in [7, 11) is 1.64. The maximum atomic E-state index is 12.4. The minimum Gasteiger partial charge on any atom is -0.569 e. The van der Waals surface area contributed by atoms with Gasteiger partial charge in [-0.15, -0.1) is 5.01 Å². The third kappa shape index (κ3) is 5.54. The van der Waals surface area contributed by atoms with Gasteiger partial charge in [-0.05, 0) is 40.5 Å². The molecule has 1 atom stereocenters. The number of hydrazine groups is 1. The molecule has 0 spiro atoms. The van der Waals surface area contributed by atoms with Gasteiger partial charge in [-0.25, -0.2) is 0 Å². The molecule has 1 unspecified atom stereocenters. The quantitative estimate of drug-likeness (QED) is 0.219. The van der Waals surface area contributed by atoms with E-state index in [1.807, 2.05) is 27.7 Å². The number of carbonyl (C=O) groups excluding carboxylic acids is 1. The van der Waals surface area contributed by atoms with Crippen LogP contribution in [0.1, 0.15) is 57.4 Å². The molecule has 1 aromatic rings. The van der Waals surface area contributed by atoms with E-state index in [9.17, 15) is 10.0 Å². The monoisotopic (exact) mass is 394 g/mol. The zero-order chi connectivity index (χ0) is 20.9. The van der Waals surface area contributed by atoms with Crippen molar-refractivity contribution in [2.45, 2.75) is 66.2 Å². The van der Waals surface area contributed by atoms with Crippen LogP contribution in [0.3, 0.4) is 0 Å². The van der Waals surface area contributed by atoms with E-state index in [0.717, 1.165) is 11.1 Å². The number of aryl methyl sites for hydroxylation is 1. The van der Waals surface area contributed by atoms with Crippen LogP contribution in [0.5, 0.6) is 5.75 Å². The van der Waals surface area contributed by atoms with E-state index in [-0.39, 0.29) is 24.0 Å². The Kier molecular flexibility index (Phi) is 7.17. The Balaban J connectivity index is 1.79. The predicted molar refractivity (Wildman–Crippen MR) is 101 cm³/mol. The Morgan fingerprint density at radius 2 is 2.18 bits per heavy atom. The molecule has 0 amide bonds. The van der Waals surface area contributed by atoms with Crippen molar-refractivity contribution >= 4 is 5.97 Å². The number of aromatic nitrogens is 1. The van der Waals surface area contributed by atoms with Crippen LogP contribution in [0.2, 0.25) is 0 Å². The van der Waals surface area contributed by atoms with E-state index in [2.05, 4.69) is 10.3 Å². The zero-order valence-electron chi connectivity index (χ0n) is 17.5. The number of hydrogen-bond donors (Lipinski definition) is 0. The van der Waals surface area contributed by atoms with Gasteiger partial charge in [0.25, 0.3) is 0 Å². The predicted octanol–water partition coefficient (Wildman–Crippen LogP) is 3.28. The van der Waals surface area contributed by atoms with Crippen molar-refractivity contribution in [1.82, 2.24) is 9.99 Å². The van der Waals surface area contributed by atoms with E-state index < -0.39 is 0 Å². The fraction of sp³-hybridized carbons (Fsp3) is 0.684. The lowest BCUT2D eigenvalue weighted by Crippen LogP contribution is -2.42. The van der Waals surface area contributed by atoms with Gasteiger partial charge in [0.2, 0.25) is 5.28 Å². The van der Waals surface area contributed by atoms with E-state index in [0.29, 0.717) is 42.5 Å². The third-order valence-electron chi connectivity index (χ3n) is 4.74. The lowest BCUT2D eigenvalue weighted by atomic mass is 10.1. The number of carbonyl (C=O) groups is 1. The average molecular weight is 394 g/mol. The molecule has 2 rings (SSSR count). The fourth-order valence-electron chi connectivity index (χ4n) is 2.53. The highest BCUT2D eigenvalue weighted by molar-refractivity contribution is 5.75. The molecule has 0 radical (unpaired) electrons. The van der Waals surface area contributed by atoms with Gasteiger partial charge >= 0.3 is 5.97 Å². The third-order valence-corrected chi connectivity index (χ3v) is 4.74. The van der Waals surface area contributed by atoms with Gasteiger partial charge in [0.05, 0.1) is 42.4 Å². The number of rotatable bonds is 8. The fourth-order valence-corrected chi connectivity index (χ4v) is 2.53. The van der Waals surface area contributed by atoms with E-state index in [1.54, 1.807) is 20.2 Å². The first-order chi connectivity index (χ1) is 13.1. The summed E-state index contributed by atoms with van der Waals surface area (Å²) in [5, 5.41) is 16.7. The summed E-state index contributed by atoms with van der Waals surface area (Å²) in [4.78, 5) is 22.2. The molecule has 0 N–H and O–H groups in total. The van der Waals surface area contributed by atoms with E-state index in [1.165, 1.54) is 5.01 Å². The molecule has 28 heavy (non-hydrogen) atoms. The smallest absolute Gasteiger partial charge is 0.314 e. The molecule has 9 heteroatoms. The minimum absolute atomic E-state index is 0.240. The summed E-state index contributed by atoms with van der Waals surface area (Å²) in [6, 6.07) is 0. The van der Waals surface area contributed by atoms with Crippen LogP contribution in [0.15, 0.2) is 11.5 Å². The Morgan fingerprint density at radius 3 is 2.86 bits per heavy atom. The zero-order valence-corrected chi connectivity index (χ0v) is 17.5. The van der Waals surface area contributed by atoms with Crippen molar-refractivity contribution in [2.75, 3.05) is 13.7 Å². The average Bonchev–Trinajstić information content (AvgIpc) is 3.10. The highest BCUT2D eigenvalue weighted by Gasteiger charge is 2.25. The van der Waals surface area contributed by atoms with Crippen molar-refractivity contribution in [2.24, 2.45) is 11.2 Å². The Hall–Kier alpha value is -2.42. The van der Waals surface area contributed by atoms with Crippen LogP contribution in [-0.2, 0) is 27.6 Å². The molecule has 1 aromatic heterocycles. The highest BCUT2D eigenvalue weighted by Crippen LogP contribution is 2.31. The normalized spacial score (nSPS) is 15.1. The number of nitrogens with zero attached hydrogens (tertiary/aromatic N) is 4. The maximum absolute atomic E-state index is 12.4. The second kappa shape index (κ2) is 9.18. The molecule has 0 aliphatic carbocycles. The summed E-state index contributed by atoms with van der Waals surface area (Å²) in [5.74, 6) is -0.132. The maximum Gasteiger partial charge on any atom is 0.314 e. The topological polar surface area (TPSA) is 99.3 Å². The van der Waals surface area contributed by atoms with Gasteiger partial charge in [0.15, 0.2) is 5.75 Å².